The van der Waals surface area contributed by atoms with Crippen LogP contribution in [0.2, 0.25) is 10.0 Å². The standard InChI is InChI=1S/C14H14Cl2N2/c1-10(13-8-12(15)2-3-14(13)16)18-9-11-4-6-17-7-5-11/h2-8,10,18H,9H2,1H3. The van der Waals surface area contributed by atoms with E-state index in [1.54, 1.807) is 18.5 Å². The van der Waals surface area contributed by atoms with Crippen molar-refractivity contribution in [3.05, 3.63) is 63.9 Å². The summed E-state index contributed by atoms with van der Waals surface area (Å²) < 4.78 is 0. The Hall–Kier alpha value is -1.09. The molecule has 0 amide bonds. The van der Waals surface area contributed by atoms with Crippen molar-refractivity contribution < 1.29 is 0 Å². The van der Waals surface area contributed by atoms with Gasteiger partial charge < -0.3 is 5.32 Å². The molecule has 1 aromatic carbocycles. The molecule has 0 saturated heterocycles. The summed E-state index contributed by atoms with van der Waals surface area (Å²) in [4.78, 5) is 3.99. The Labute approximate surface area is 117 Å². The second-order valence-electron chi connectivity index (χ2n) is 4.12. The highest BCUT2D eigenvalue weighted by molar-refractivity contribution is 6.33. The summed E-state index contributed by atoms with van der Waals surface area (Å²) in [7, 11) is 0. The highest BCUT2D eigenvalue weighted by atomic mass is 35.5. The summed E-state index contributed by atoms with van der Waals surface area (Å²) in [6, 6.07) is 9.63. The molecule has 18 heavy (non-hydrogen) atoms. The van der Waals surface area contributed by atoms with Crippen LogP contribution < -0.4 is 5.32 Å². The molecule has 2 aromatic rings. The lowest BCUT2D eigenvalue weighted by Crippen LogP contribution is -2.18. The Bertz CT molecular complexity index is 514. The SMILES string of the molecule is CC(NCc1ccncc1)c1cc(Cl)ccc1Cl. The molecule has 1 atom stereocenters. The average Bonchev–Trinajstić information content (AvgIpc) is 2.40. The molecule has 94 valence electrons. The van der Waals surface area contributed by atoms with E-state index in [-0.39, 0.29) is 6.04 Å². The molecule has 1 N–H and O–H groups in total. The van der Waals surface area contributed by atoms with Gasteiger partial charge in [0.15, 0.2) is 0 Å². The van der Waals surface area contributed by atoms with Gasteiger partial charge in [0.05, 0.1) is 0 Å². The Morgan fingerprint density at radius 3 is 2.61 bits per heavy atom. The maximum Gasteiger partial charge on any atom is 0.0454 e. The molecule has 1 heterocycles. The smallest absolute Gasteiger partial charge is 0.0454 e. The van der Waals surface area contributed by atoms with Gasteiger partial charge in [0.25, 0.3) is 0 Å². The van der Waals surface area contributed by atoms with E-state index in [9.17, 15) is 0 Å². The van der Waals surface area contributed by atoms with Crippen molar-refractivity contribution in [2.75, 3.05) is 0 Å². The van der Waals surface area contributed by atoms with E-state index in [1.165, 1.54) is 5.56 Å². The minimum Gasteiger partial charge on any atom is -0.306 e. The van der Waals surface area contributed by atoms with E-state index in [1.807, 2.05) is 24.3 Å². The molecule has 1 aromatic heterocycles. The van der Waals surface area contributed by atoms with Crippen molar-refractivity contribution in [3.8, 4) is 0 Å². The number of nitrogens with one attached hydrogen (secondary N) is 1. The van der Waals surface area contributed by atoms with Crippen LogP contribution in [0.3, 0.4) is 0 Å². The van der Waals surface area contributed by atoms with Crippen molar-refractivity contribution in [1.82, 2.24) is 10.3 Å². The van der Waals surface area contributed by atoms with Gasteiger partial charge in [-0.25, -0.2) is 0 Å². The Morgan fingerprint density at radius 2 is 1.89 bits per heavy atom. The van der Waals surface area contributed by atoms with Gasteiger partial charge in [-0.15, -0.1) is 0 Å². The van der Waals surface area contributed by atoms with Gasteiger partial charge in [0.1, 0.15) is 0 Å². The second kappa shape index (κ2) is 6.19. The molecular formula is C14H14Cl2N2. The normalized spacial score (nSPS) is 12.4. The lowest BCUT2D eigenvalue weighted by atomic mass is 10.1. The van der Waals surface area contributed by atoms with Crippen LogP contribution in [-0.2, 0) is 6.54 Å². The topological polar surface area (TPSA) is 24.9 Å². The summed E-state index contributed by atoms with van der Waals surface area (Å²) in [6.07, 6.45) is 3.57. The Kier molecular flexibility index (Phi) is 4.59. The van der Waals surface area contributed by atoms with E-state index < -0.39 is 0 Å². The zero-order chi connectivity index (χ0) is 13.0. The summed E-state index contributed by atoms with van der Waals surface area (Å²) in [6.45, 7) is 2.84. The predicted octanol–water partition coefficient (Wildman–Crippen LogP) is 4.24. The Balaban J connectivity index is 2.03. The molecule has 0 bridgehead atoms. The van der Waals surface area contributed by atoms with Gasteiger partial charge in [-0.1, -0.05) is 23.2 Å². The second-order valence-corrected chi connectivity index (χ2v) is 4.97. The van der Waals surface area contributed by atoms with Crippen LogP contribution in [-0.4, -0.2) is 4.98 Å². The molecular weight excluding hydrogens is 267 g/mol. The quantitative estimate of drug-likeness (QED) is 0.906. The third-order valence-corrected chi connectivity index (χ3v) is 3.37. The molecule has 0 fully saturated rings. The van der Waals surface area contributed by atoms with E-state index in [0.717, 1.165) is 17.1 Å². The number of hydrogen-bond donors (Lipinski definition) is 1. The zero-order valence-electron chi connectivity index (χ0n) is 10.0. The largest absolute Gasteiger partial charge is 0.306 e. The van der Waals surface area contributed by atoms with Crippen molar-refractivity contribution in [2.24, 2.45) is 0 Å². The number of aromatic nitrogens is 1. The first-order valence-corrected chi connectivity index (χ1v) is 6.49. The fraction of sp³-hybridized carbons (Fsp3) is 0.214. The van der Waals surface area contributed by atoms with Crippen LogP contribution >= 0.6 is 23.2 Å². The molecule has 0 aliphatic heterocycles. The summed E-state index contributed by atoms with van der Waals surface area (Å²) in [5.74, 6) is 0. The van der Waals surface area contributed by atoms with E-state index in [4.69, 9.17) is 23.2 Å². The first-order valence-electron chi connectivity index (χ1n) is 5.74. The minimum absolute atomic E-state index is 0.143. The van der Waals surface area contributed by atoms with Crippen LogP contribution in [0.4, 0.5) is 0 Å². The lowest BCUT2D eigenvalue weighted by Gasteiger charge is -2.16. The third-order valence-electron chi connectivity index (χ3n) is 2.79. The fourth-order valence-electron chi connectivity index (χ4n) is 1.73. The van der Waals surface area contributed by atoms with Gasteiger partial charge in [0, 0.05) is 35.0 Å². The molecule has 1 unspecified atom stereocenters. The first-order chi connectivity index (χ1) is 8.66. The van der Waals surface area contributed by atoms with Crippen LogP contribution in [0.15, 0.2) is 42.7 Å². The third kappa shape index (κ3) is 3.45. The molecule has 2 rings (SSSR count). The maximum absolute atomic E-state index is 6.16. The van der Waals surface area contributed by atoms with Gasteiger partial charge >= 0.3 is 0 Å². The van der Waals surface area contributed by atoms with Gasteiger partial charge in [-0.2, -0.15) is 0 Å². The molecule has 0 radical (unpaired) electrons. The van der Waals surface area contributed by atoms with Crippen molar-refractivity contribution in [1.29, 1.82) is 0 Å². The molecule has 0 saturated carbocycles. The van der Waals surface area contributed by atoms with Gasteiger partial charge in [0.2, 0.25) is 0 Å². The molecule has 0 spiro atoms. The predicted molar refractivity (Wildman–Crippen MR) is 76.0 cm³/mol. The number of nitrogens with zero attached hydrogens (tertiary/aromatic N) is 1. The number of rotatable bonds is 4. The van der Waals surface area contributed by atoms with E-state index >= 15 is 0 Å². The summed E-state index contributed by atoms with van der Waals surface area (Å²) in [5.41, 5.74) is 2.20. The number of pyridine rings is 1. The maximum atomic E-state index is 6.16. The summed E-state index contributed by atoms with van der Waals surface area (Å²) >= 11 is 12.1. The fourth-order valence-corrected chi connectivity index (χ4v) is 2.19. The lowest BCUT2D eigenvalue weighted by molar-refractivity contribution is 0.574. The zero-order valence-corrected chi connectivity index (χ0v) is 11.5. The molecule has 2 nitrogen and oxygen atoms in total. The molecule has 0 aliphatic rings. The number of halogens is 2. The van der Waals surface area contributed by atoms with Crippen molar-refractivity contribution >= 4 is 23.2 Å². The van der Waals surface area contributed by atoms with Crippen LogP contribution in [0, 0.1) is 0 Å². The number of hydrogen-bond acceptors (Lipinski definition) is 2. The monoisotopic (exact) mass is 280 g/mol. The average molecular weight is 281 g/mol. The molecule has 0 aliphatic carbocycles. The number of benzene rings is 1. The van der Waals surface area contributed by atoms with Crippen molar-refractivity contribution in [2.45, 2.75) is 19.5 Å². The summed E-state index contributed by atoms with van der Waals surface area (Å²) in [5, 5.41) is 4.84. The van der Waals surface area contributed by atoms with Crippen LogP contribution in [0.5, 0.6) is 0 Å². The van der Waals surface area contributed by atoms with Crippen LogP contribution in [0.1, 0.15) is 24.1 Å². The highest BCUT2D eigenvalue weighted by Gasteiger charge is 2.09. The minimum atomic E-state index is 0.143. The Morgan fingerprint density at radius 1 is 1.17 bits per heavy atom. The van der Waals surface area contributed by atoms with E-state index in [2.05, 4.69) is 17.2 Å². The van der Waals surface area contributed by atoms with Gasteiger partial charge in [-0.3, -0.25) is 4.98 Å². The highest BCUT2D eigenvalue weighted by Crippen LogP contribution is 2.26. The van der Waals surface area contributed by atoms with Crippen LogP contribution in [0.25, 0.3) is 0 Å². The first kappa shape index (κ1) is 13.3. The van der Waals surface area contributed by atoms with Crippen molar-refractivity contribution in [3.63, 3.8) is 0 Å². The molecule has 4 heteroatoms. The van der Waals surface area contributed by atoms with Gasteiger partial charge in [-0.05, 0) is 48.4 Å². The van der Waals surface area contributed by atoms with E-state index in [0.29, 0.717) is 5.02 Å².